The van der Waals surface area contributed by atoms with Crippen molar-refractivity contribution in [3.05, 3.63) is 103 Å². The maximum Gasteiger partial charge on any atom is 0.0989 e. The van der Waals surface area contributed by atoms with Crippen LogP contribution in [0.1, 0.15) is 0 Å². The molecule has 6 aromatic rings. The van der Waals surface area contributed by atoms with E-state index < -0.39 is 0 Å². The van der Waals surface area contributed by atoms with Crippen molar-refractivity contribution in [3.63, 3.8) is 0 Å². The Morgan fingerprint density at radius 3 is 2.03 bits per heavy atom. The summed E-state index contributed by atoms with van der Waals surface area (Å²) in [5, 5.41) is 5.29. The molecule has 2 aromatic heterocycles. The van der Waals surface area contributed by atoms with Gasteiger partial charge in [0, 0.05) is 45.3 Å². The van der Waals surface area contributed by atoms with Crippen LogP contribution < -0.4 is 9.80 Å². The number of aromatic nitrogens is 1. The smallest absolute Gasteiger partial charge is 0.0989 e. The molecule has 0 atom stereocenters. The summed E-state index contributed by atoms with van der Waals surface area (Å²) in [4.78, 5) is 4.57. The zero-order chi connectivity index (χ0) is 19.7. The normalized spacial score (nSPS) is 14.3. The summed E-state index contributed by atoms with van der Waals surface area (Å²) in [7, 11) is 0. The van der Waals surface area contributed by atoms with Gasteiger partial charge in [0.25, 0.3) is 0 Å². The van der Waals surface area contributed by atoms with Crippen LogP contribution in [0.25, 0.3) is 38.1 Å². The van der Waals surface area contributed by atoms with E-state index in [1.807, 2.05) is 0 Å². The summed E-state index contributed by atoms with van der Waals surface area (Å²) in [6.45, 7) is 0.822. The van der Waals surface area contributed by atoms with E-state index >= 15 is 0 Å². The van der Waals surface area contributed by atoms with E-state index in [4.69, 9.17) is 0 Å². The van der Waals surface area contributed by atoms with E-state index in [9.17, 15) is 0 Å². The number of fused-ring (bicyclic) bond motifs is 6. The van der Waals surface area contributed by atoms with Crippen LogP contribution in [0.15, 0.2) is 103 Å². The van der Waals surface area contributed by atoms with Crippen LogP contribution in [0.3, 0.4) is 0 Å². The lowest BCUT2D eigenvalue weighted by atomic mass is 10.1. The lowest BCUT2D eigenvalue weighted by Crippen LogP contribution is -2.24. The average molecular weight is 385 g/mol. The van der Waals surface area contributed by atoms with E-state index in [0.29, 0.717) is 0 Å². The van der Waals surface area contributed by atoms with Crippen LogP contribution in [0, 0.1) is 0 Å². The van der Waals surface area contributed by atoms with Crippen LogP contribution in [0.4, 0.5) is 11.4 Å². The minimum Gasteiger partial charge on any atom is -0.328 e. The van der Waals surface area contributed by atoms with Crippen molar-refractivity contribution in [2.24, 2.45) is 0 Å². The van der Waals surface area contributed by atoms with Gasteiger partial charge >= 0.3 is 0 Å². The molecule has 30 heavy (non-hydrogen) atoms. The Morgan fingerprint density at radius 1 is 0.500 bits per heavy atom. The van der Waals surface area contributed by atoms with Gasteiger partial charge in [-0.2, -0.15) is 0 Å². The number of para-hydroxylation sites is 3. The summed E-state index contributed by atoms with van der Waals surface area (Å²) in [6, 6.07) is 32.8. The van der Waals surface area contributed by atoms with Gasteiger partial charge in [0.1, 0.15) is 0 Å². The molecule has 0 N–H and O–H groups in total. The number of benzene rings is 4. The number of hydrogen-bond acceptors (Lipinski definition) is 2. The molecule has 142 valence electrons. The van der Waals surface area contributed by atoms with Gasteiger partial charge in [-0.15, -0.1) is 0 Å². The molecule has 0 saturated carbocycles. The molecule has 0 spiro atoms. The number of nitrogens with zero attached hydrogens (tertiary/aromatic N) is 3. The molecule has 3 heteroatoms. The van der Waals surface area contributed by atoms with Gasteiger partial charge in [-0.3, -0.25) is 0 Å². The zero-order valence-corrected chi connectivity index (χ0v) is 16.4. The predicted molar refractivity (Wildman–Crippen MR) is 127 cm³/mol. The molecule has 0 bridgehead atoms. The fraction of sp³-hybridized carbons (Fsp3) is 0.0370. The lowest BCUT2D eigenvalue weighted by molar-refractivity contribution is 0.976. The third-order valence-corrected chi connectivity index (χ3v) is 6.36. The first-order chi connectivity index (χ1) is 14.9. The van der Waals surface area contributed by atoms with Crippen molar-refractivity contribution in [1.82, 2.24) is 4.40 Å². The third kappa shape index (κ3) is 2.04. The summed E-state index contributed by atoms with van der Waals surface area (Å²) < 4.78 is 2.43. The molecule has 0 fully saturated rings. The molecular weight excluding hydrogens is 366 g/mol. The standard InChI is InChI=1S/C27H19N3/c1-2-7-19(8-3-1)28-15-16-29(18-28)20-13-14-26-24(17-20)23-11-6-10-22-21-9-4-5-12-25(21)30(26)27(22)23/h1-17H,18H2. The average Bonchev–Trinajstić information content (AvgIpc) is 3.51. The summed E-state index contributed by atoms with van der Waals surface area (Å²) >= 11 is 0. The molecular formula is C27H19N3. The molecule has 4 aromatic carbocycles. The lowest BCUT2D eigenvalue weighted by Gasteiger charge is -2.21. The Bertz CT molecular complexity index is 1580. The van der Waals surface area contributed by atoms with Gasteiger partial charge in [-0.25, -0.2) is 0 Å². The van der Waals surface area contributed by atoms with Crippen LogP contribution >= 0.6 is 0 Å². The van der Waals surface area contributed by atoms with E-state index in [2.05, 4.69) is 118 Å². The molecule has 0 unspecified atom stereocenters. The molecule has 0 amide bonds. The molecule has 3 nitrogen and oxygen atoms in total. The maximum absolute atomic E-state index is 2.43. The van der Waals surface area contributed by atoms with Crippen molar-refractivity contribution in [2.75, 3.05) is 16.5 Å². The monoisotopic (exact) mass is 385 g/mol. The minimum absolute atomic E-state index is 0.822. The van der Waals surface area contributed by atoms with Crippen LogP contribution in [0.2, 0.25) is 0 Å². The maximum atomic E-state index is 2.43. The second-order valence-corrected chi connectivity index (χ2v) is 7.97. The Kier molecular flexibility index (Phi) is 3.06. The van der Waals surface area contributed by atoms with Crippen molar-refractivity contribution < 1.29 is 0 Å². The van der Waals surface area contributed by atoms with Crippen LogP contribution in [0.5, 0.6) is 0 Å². The van der Waals surface area contributed by atoms with Gasteiger partial charge in [0.2, 0.25) is 0 Å². The van der Waals surface area contributed by atoms with Crippen LogP contribution in [-0.2, 0) is 0 Å². The highest BCUT2D eigenvalue weighted by atomic mass is 15.3. The van der Waals surface area contributed by atoms with Gasteiger partial charge in [0.05, 0.1) is 23.2 Å². The molecule has 1 aliphatic rings. The van der Waals surface area contributed by atoms with Gasteiger partial charge < -0.3 is 14.2 Å². The summed E-state index contributed by atoms with van der Waals surface area (Å²) in [6.07, 6.45) is 4.32. The first-order valence-corrected chi connectivity index (χ1v) is 10.3. The second-order valence-electron chi connectivity index (χ2n) is 7.97. The predicted octanol–water partition coefficient (Wildman–Crippen LogP) is 6.59. The molecule has 3 heterocycles. The number of rotatable bonds is 2. The van der Waals surface area contributed by atoms with Crippen molar-refractivity contribution in [2.45, 2.75) is 0 Å². The topological polar surface area (TPSA) is 10.9 Å². The fourth-order valence-electron chi connectivity index (χ4n) is 4.97. The Balaban J connectivity index is 1.40. The fourth-order valence-corrected chi connectivity index (χ4v) is 4.97. The van der Waals surface area contributed by atoms with Crippen molar-refractivity contribution in [1.29, 1.82) is 0 Å². The van der Waals surface area contributed by atoms with Crippen molar-refractivity contribution in [3.8, 4) is 0 Å². The Morgan fingerprint density at radius 2 is 1.17 bits per heavy atom. The second kappa shape index (κ2) is 5.77. The minimum atomic E-state index is 0.822. The van der Waals surface area contributed by atoms with E-state index in [1.54, 1.807) is 0 Å². The summed E-state index contributed by atoms with van der Waals surface area (Å²) in [5.74, 6) is 0. The molecule has 0 saturated heterocycles. The molecule has 0 aliphatic carbocycles. The van der Waals surface area contributed by atoms with Gasteiger partial charge in [0.15, 0.2) is 0 Å². The zero-order valence-electron chi connectivity index (χ0n) is 16.4. The van der Waals surface area contributed by atoms with Gasteiger partial charge in [-0.05, 0) is 36.4 Å². The Labute approximate surface area is 174 Å². The highest BCUT2D eigenvalue weighted by molar-refractivity contribution is 6.23. The van der Waals surface area contributed by atoms with E-state index in [-0.39, 0.29) is 0 Å². The highest BCUT2D eigenvalue weighted by Gasteiger charge is 2.19. The molecule has 1 aliphatic heterocycles. The van der Waals surface area contributed by atoms with Crippen molar-refractivity contribution >= 4 is 49.5 Å². The van der Waals surface area contributed by atoms with Crippen LogP contribution in [-0.4, -0.2) is 11.1 Å². The first-order valence-electron chi connectivity index (χ1n) is 10.3. The summed E-state index contributed by atoms with van der Waals surface area (Å²) in [5.41, 5.74) is 6.31. The van der Waals surface area contributed by atoms with E-state index in [0.717, 1.165) is 6.67 Å². The highest BCUT2D eigenvalue weighted by Crippen LogP contribution is 2.40. The molecule has 0 radical (unpaired) electrons. The largest absolute Gasteiger partial charge is 0.328 e. The van der Waals surface area contributed by atoms with Gasteiger partial charge in [-0.1, -0.05) is 54.6 Å². The number of hydrogen-bond donors (Lipinski definition) is 0. The first kappa shape index (κ1) is 15.9. The SMILES string of the molecule is C1=CN(c2ccc3c(c2)c2cccc4c5ccccc5n3c42)CN1c1ccccc1. The number of anilines is 2. The Hall–Kier alpha value is -3.98. The quantitative estimate of drug-likeness (QED) is 0.333. The third-order valence-electron chi connectivity index (χ3n) is 6.36. The molecule has 7 rings (SSSR count). The van der Waals surface area contributed by atoms with E-state index in [1.165, 1.54) is 49.5 Å².